The van der Waals surface area contributed by atoms with Crippen molar-refractivity contribution in [2.24, 2.45) is 0 Å². The molecule has 0 aliphatic carbocycles. The Morgan fingerprint density at radius 1 is 0.649 bits per heavy atom. The van der Waals surface area contributed by atoms with Gasteiger partial charge in [0, 0.05) is 16.9 Å². The fourth-order valence-electron chi connectivity index (χ4n) is 3.87. The van der Waals surface area contributed by atoms with Gasteiger partial charge in [0.1, 0.15) is 17.2 Å². The van der Waals surface area contributed by atoms with Gasteiger partial charge in [0.05, 0.1) is 0 Å². The Bertz CT molecular complexity index is 1310. The lowest BCUT2D eigenvalue weighted by atomic mass is 10.0. The summed E-state index contributed by atoms with van der Waals surface area (Å²) >= 11 is 0. The number of benzene rings is 4. The van der Waals surface area contributed by atoms with E-state index in [1.54, 1.807) is 48.5 Å². The van der Waals surface area contributed by atoms with Crippen LogP contribution in [0.5, 0.6) is 17.2 Å². The summed E-state index contributed by atoms with van der Waals surface area (Å²) < 4.78 is 11.4. The van der Waals surface area contributed by atoms with Crippen molar-refractivity contribution in [1.82, 2.24) is 0 Å². The zero-order valence-corrected chi connectivity index (χ0v) is 21.0. The number of para-hydroxylation sites is 2. The third-order valence-corrected chi connectivity index (χ3v) is 5.84. The van der Waals surface area contributed by atoms with E-state index in [9.17, 15) is 9.59 Å². The standard InChI is InChI=1S/C31H30N2O4/c1-3-22-9-8-10-23(4-2)30(22)33-31(35)24-13-17-26(18-14-24)36-21-29(34)32-25-15-19-28(20-16-25)37-27-11-6-5-7-12-27/h5-20H,3-4,21H2,1-2H3,(H,32,34)(H,33,35). The minimum absolute atomic E-state index is 0.155. The van der Waals surface area contributed by atoms with E-state index >= 15 is 0 Å². The monoisotopic (exact) mass is 494 g/mol. The largest absolute Gasteiger partial charge is 0.484 e. The van der Waals surface area contributed by atoms with Crippen molar-refractivity contribution in [3.05, 3.63) is 114 Å². The van der Waals surface area contributed by atoms with Crippen molar-refractivity contribution < 1.29 is 19.1 Å². The average Bonchev–Trinajstić information content (AvgIpc) is 2.94. The van der Waals surface area contributed by atoms with Crippen LogP contribution < -0.4 is 20.1 Å². The summed E-state index contributed by atoms with van der Waals surface area (Å²) in [5.41, 5.74) is 4.26. The lowest BCUT2D eigenvalue weighted by molar-refractivity contribution is -0.118. The predicted octanol–water partition coefficient (Wildman–Crippen LogP) is 6.87. The van der Waals surface area contributed by atoms with Crippen molar-refractivity contribution in [3.8, 4) is 17.2 Å². The van der Waals surface area contributed by atoms with Gasteiger partial charge in [-0.15, -0.1) is 0 Å². The molecule has 0 bridgehead atoms. The molecule has 2 amide bonds. The molecular formula is C31H30N2O4. The Hall–Kier alpha value is -4.58. The smallest absolute Gasteiger partial charge is 0.262 e. The van der Waals surface area contributed by atoms with Gasteiger partial charge in [-0.25, -0.2) is 0 Å². The number of nitrogens with one attached hydrogen (secondary N) is 2. The summed E-state index contributed by atoms with van der Waals surface area (Å²) in [6.45, 7) is 3.99. The summed E-state index contributed by atoms with van der Waals surface area (Å²) in [6.07, 6.45) is 1.67. The Balaban J connectivity index is 1.28. The van der Waals surface area contributed by atoms with Crippen LogP contribution in [0.3, 0.4) is 0 Å². The summed E-state index contributed by atoms with van der Waals surface area (Å²) in [5.74, 6) is 1.45. The quantitative estimate of drug-likeness (QED) is 0.252. The van der Waals surface area contributed by atoms with Crippen molar-refractivity contribution >= 4 is 23.2 Å². The maximum atomic E-state index is 12.8. The predicted molar refractivity (Wildman–Crippen MR) is 147 cm³/mol. The molecule has 4 aromatic rings. The van der Waals surface area contributed by atoms with Crippen molar-refractivity contribution in [3.63, 3.8) is 0 Å². The van der Waals surface area contributed by atoms with Crippen LogP contribution in [0.25, 0.3) is 0 Å². The van der Waals surface area contributed by atoms with Crippen LogP contribution in [-0.2, 0) is 17.6 Å². The highest BCUT2D eigenvalue weighted by Gasteiger charge is 2.12. The van der Waals surface area contributed by atoms with Gasteiger partial charge >= 0.3 is 0 Å². The zero-order chi connectivity index (χ0) is 26.0. The minimum Gasteiger partial charge on any atom is -0.484 e. The van der Waals surface area contributed by atoms with Gasteiger partial charge < -0.3 is 20.1 Å². The molecule has 188 valence electrons. The second kappa shape index (κ2) is 12.4. The van der Waals surface area contributed by atoms with Crippen LogP contribution in [0.15, 0.2) is 97.1 Å². The maximum Gasteiger partial charge on any atom is 0.262 e. The first-order chi connectivity index (χ1) is 18.1. The van der Waals surface area contributed by atoms with Gasteiger partial charge in [-0.3, -0.25) is 9.59 Å². The molecule has 0 fully saturated rings. The topological polar surface area (TPSA) is 76.7 Å². The molecule has 0 atom stereocenters. The fraction of sp³-hybridized carbons (Fsp3) is 0.161. The number of carbonyl (C=O) groups excluding carboxylic acids is 2. The summed E-state index contributed by atoms with van der Waals surface area (Å²) in [5, 5.41) is 5.86. The van der Waals surface area contributed by atoms with Crippen LogP contribution in [-0.4, -0.2) is 18.4 Å². The van der Waals surface area contributed by atoms with Gasteiger partial charge in [0.15, 0.2) is 6.61 Å². The highest BCUT2D eigenvalue weighted by atomic mass is 16.5. The van der Waals surface area contributed by atoms with Crippen molar-refractivity contribution in [1.29, 1.82) is 0 Å². The number of aryl methyl sites for hydroxylation is 2. The first kappa shape index (κ1) is 25.5. The lowest BCUT2D eigenvalue weighted by Gasteiger charge is -2.14. The summed E-state index contributed by atoms with van der Waals surface area (Å²) in [4.78, 5) is 25.2. The third-order valence-electron chi connectivity index (χ3n) is 5.84. The number of carbonyl (C=O) groups is 2. The van der Waals surface area contributed by atoms with Gasteiger partial charge in [-0.1, -0.05) is 50.2 Å². The van der Waals surface area contributed by atoms with Crippen molar-refractivity contribution in [2.75, 3.05) is 17.2 Å². The second-order valence-electron chi connectivity index (χ2n) is 8.41. The van der Waals surface area contributed by atoms with Crippen LogP contribution in [0.4, 0.5) is 11.4 Å². The average molecular weight is 495 g/mol. The minimum atomic E-state index is -0.290. The van der Waals surface area contributed by atoms with E-state index in [1.165, 1.54) is 0 Å². The van der Waals surface area contributed by atoms with Gasteiger partial charge in [0.25, 0.3) is 11.8 Å². The van der Waals surface area contributed by atoms with E-state index < -0.39 is 0 Å². The molecule has 4 rings (SSSR count). The Morgan fingerprint density at radius 2 is 1.24 bits per heavy atom. The summed E-state index contributed by atoms with van der Waals surface area (Å²) in [7, 11) is 0. The molecule has 0 aliphatic rings. The molecule has 0 heterocycles. The summed E-state index contributed by atoms with van der Waals surface area (Å²) in [6, 6.07) is 29.4. The number of hydrogen-bond donors (Lipinski definition) is 2. The van der Waals surface area contributed by atoms with E-state index in [4.69, 9.17) is 9.47 Å². The van der Waals surface area contributed by atoms with Crippen LogP contribution >= 0.6 is 0 Å². The number of ether oxygens (including phenoxy) is 2. The van der Waals surface area contributed by atoms with E-state index in [0.29, 0.717) is 22.7 Å². The van der Waals surface area contributed by atoms with Gasteiger partial charge in [-0.05, 0) is 84.6 Å². The molecular weight excluding hydrogens is 464 g/mol. The molecule has 0 unspecified atom stereocenters. The molecule has 0 saturated heterocycles. The Morgan fingerprint density at radius 3 is 1.86 bits per heavy atom. The number of amides is 2. The van der Waals surface area contributed by atoms with Gasteiger partial charge in [0.2, 0.25) is 0 Å². The maximum absolute atomic E-state index is 12.8. The Kier molecular flexibility index (Phi) is 8.55. The third kappa shape index (κ3) is 6.98. The zero-order valence-electron chi connectivity index (χ0n) is 21.0. The molecule has 0 aromatic heterocycles. The molecule has 2 N–H and O–H groups in total. The number of rotatable bonds is 10. The number of anilines is 2. The van der Waals surface area contributed by atoms with Crippen LogP contribution in [0.2, 0.25) is 0 Å². The second-order valence-corrected chi connectivity index (χ2v) is 8.41. The highest BCUT2D eigenvalue weighted by molar-refractivity contribution is 6.05. The molecule has 0 aliphatic heterocycles. The molecule has 0 saturated carbocycles. The first-order valence-electron chi connectivity index (χ1n) is 12.3. The first-order valence-corrected chi connectivity index (χ1v) is 12.3. The lowest BCUT2D eigenvalue weighted by Crippen LogP contribution is -2.20. The van der Waals surface area contributed by atoms with E-state index in [-0.39, 0.29) is 18.4 Å². The fourth-order valence-corrected chi connectivity index (χ4v) is 3.87. The van der Waals surface area contributed by atoms with Crippen LogP contribution in [0.1, 0.15) is 35.3 Å². The van der Waals surface area contributed by atoms with Crippen molar-refractivity contribution in [2.45, 2.75) is 26.7 Å². The highest BCUT2D eigenvalue weighted by Crippen LogP contribution is 2.24. The van der Waals surface area contributed by atoms with E-state index in [1.807, 2.05) is 48.5 Å². The molecule has 0 radical (unpaired) electrons. The molecule has 0 spiro atoms. The molecule has 4 aromatic carbocycles. The molecule has 6 heteroatoms. The SMILES string of the molecule is CCc1cccc(CC)c1NC(=O)c1ccc(OCC(=O)Nc2ccc(Oc3ccccc3)cc2)cc1. The molecule has 37 heavy (non-hydrogen) atoms. The normalized spacial score (nSPS) is 10.4. The molecule has 6 nitrogen and oxygen atoms in total. The van der Waals surface area contributed by atoms with E-state index in [0.717, 1.165) is 35.4 Å². The van der Waals surface area contributed by atoms with E-state index in [2.05, 4.69) is 24.5 Å². The number of hydrogen-bond acceptors (Lipinski definition) is 4. The Labute approximate surface area is 217 Å². The van der Waals surface area contributed by atoms with Gasteiger partial charge in [-0.2, -0.15) is 0 Å². The van der Waals surface area contributed by atoms with Crippen LogP contribution in [0, 0.1) is 0 Å².